The Morgan fingerprint density at radius 3 is 2.42 bits per heavy atom. The van der Waals surface area contributed by atoms with Crippen LogP contribution in [0.4, 0.5) is 0 Å². The molecule has 0 aliphatic rings. The lowest BCUT2D eigenvalue weighted by atomic mass is 10.0. The van der Waals surface area contributed by atoms with Crippen molar-refractivity contribution in [3.05, 3.63) is 53.6 Å². The average Bonchev–Trinajstić information content (AvgIpc) is 2.82. The fraction of sp³-hybridized carbons (Fsp3) is 0.235. The van der Waals surface area contributed by atoms with E-state index in [4.69, 9.17) is 4.42 Å². The van der Waals surface area contributed by atoms with E-state index < -0.39 is 0 Å². The molecular weight excluding hydrogens is 234 g/mol. The molecule has 0 amide bonds. The molecule has 2 heteroatoms. The summed E-state index contributed by atoms with van der Waals surface area (Å²) in [6, 6.07) is 14.5. The first-order chi connectivity index (χ1) is 9.13. The van der Waals surface area contributed by atoms with E-state index in [1.807, 2.05) is 18.2 Å². The van der Waals surface area contributed by atoms with E-state index >= 15 is 0 Å². The topological polar surface area (TPSA) is 26.0 Å². The lowest BCUT2D eigenvalue weighted by molar-refractivity contribution is 0.619. The Bertz CT molecular complexity index is 708. The quantitative estimate of drug-likeness (QED) is 0.645. The first kappa shape index (κ1) is 12.0. The van der Waals surface area contributed by atoms with Gasteiger partial charge in [0.1, 0.15) is 5.52 Å². The van der Waals surface area contributed by atoms with Crippen molar-refractivity contribution in [3.8, 4) is 11.5 Å². The summed E-state index contributed by atoms with van der Waals surface area (Å²) in [7, 11) is 0. The molecule has 2 nitrogen and oxygen atoms in total. The SMILES string of the molecule is Cc1ccc(-c2nc3cc(C(C)C)ccc3o2)cc1. The Balaban J connectivity index is 2.08. The summed E-state index contributed by atoms with van der Waals surface area (Å²) in [6.07, 6.45) is 0. The molecule has 1 aromatic heterocycles. The molecule has 0 fully saturated rings. The van der Waals surface area contributed by atoms with Gasteiger partial charge in [-0.3, -0.25) is 0 Å². The van der Waals surface area contributed by atoms with Gasteiger partial charge in [-0.25, -0.2) is 4.98 Å². The van der Waals surface area contributed by atoms with E-state index in [9.17, 15) is 0 Å². The van der Waals surface area contributed by atoms with E-state index in [1.54, 1.807) is 0 Å². The molecule has 0 atom stereocenters. The lowest BCUT2D eigenvalue weighted by Crippen LogP contribution is -1.85. The van der Waals surface area contributed by atoms with Crippen LogP contribution in [-0.4, -0.2) is 4.98 Å². The highest BCUT2D eigenvalue weighted by molar-refractivity contribution is 5.77. The van der Waals surface area contributed by atoms with Gasteiger partial charge in [-0.15, -0.1) is 0 Å². The van der Waals surface area contributed by atoms with E-state index in [0.717, 1.165) is 16.7 Å². The predicted octanol–water partition coefficient (Wildman–Crippen LogP) is 4.93. The van der Waals surface area contributed by atoms with Crippen LogP contribution in [0, 0.1) is 6.92 Å². The summed E-state index contributed by atoms with van der Waals surface area (Å²) in [6.45, 7) is 6.44. The fourth-order valence-electron chi connectivity index (χ4n) is 2.12. The zero-order chi connectivity index (χ0) is 13.4. The maximum Gasteiger partial charge on any atom is 0.227 e. The van der Waals surface area contributed by atoms with E-state index in [0.29, 0.717) is 11.8 Å². The molecule has 96 valence electrons. The van der Waals surface area contributed by atoms with Crippen LogP contribution in [0.1, 0.15) is 30.9 Å². The van der Waals surface area contributed by atoms with E-state index in [1.165, 1.54) is 11.1 Å². The Morgan fingerprint density at radius 1 is 1.00 bits per heavy atom. The highest BCUT2D eigenvalue weighted by atomic mass is 16.3. The Kier molecular flexibility index (Phi) is 2.86. The molecule has 2 aromatic carbocycles. The number of hydrogen-bond acceptors (Lipinski definition) is 2. The molecule has 0 bridgehead atoms. The molecule has 0 unspecified atom stereocenters. The Hall–Kier alpha value is -2.09. The van der Waals surface area contributed by atoms with Crippen molar-refractivity contribution >= 4 is 11.1 Å². The van der Waals surface area contributed by atoms with Gasteiger partial charge in [0.2, 0.25) is 5.89 Å². The number of aryl methyl sites for hydroxylation is 1. The minimum absolute atomic E-state index is 0.504. The van der Waals surface area contributed by atoms with Gasteiger partial charge in [-0.1, -0.05) is 37.6 Å². The van der Waals surface area contributed by atoms with Crippen molar-refractivity contribution in [3.63, 3.8) is 0 Å². The first-order valence-corrected chi connectivity index (χ1v) is 6.61. The van der Waals surface area contributed by atoms with Gasteiger partial charge in [-0.05, 0) is 42.7 Å². The van der Waals surface area contributed by atoms with Crippen molar-refractivity contribution in [2.45, 2.75) is 26.7 Å². The third kappa shape index (κ3) is 2.26. The summed E-state index contributed by atoms with van der Waals surface area (Å²) in [4.78, 5) is 4.59. The molecule has 0 aliphatic carbocycles. The van der Waals surface area contributed by atoms with Crippen LogP contribution >= 0.6 is 0 Å². The van der Waals surface area contributed by atoms with E-state index in [2.05, 4.69) is 50.0 Å². The van der Waals surface area contributed by atoms with Gasteiger partial charge in [0.25, 0.3) is 0 Å². The summed E-state index contributed by atoms with van der Waals surface area (Å²) >= 11 is 0. The highest BCUT2D eigenvalue weighted by Gasteiger charge is 2.09. The fourth-order valence-corrected chi connectivity index (χ4v) is 2.12. The highest BCUT2D eigenvalue weighted by Crippen LogP contribution is 2.26. The molecule has 1 heterocycles. The minimum atomic E-state index is 0.504. The van der Waals surface area contributed by atoms with Gasteiger partial charge in [0.15, 0.2) is 5.58 Å². The first-order valence-electron chi connectivity index (χ1n) is 6.61. The third-order valence-electron chi connectivity index (χ3n) is 3.38. The van der Waals surface area contributed by atoms with Crippen LogP contribution in [0.3, 0.4) is 0 Å². The summed E-state index contributed by atoms with van der Waals surface area (Å²) < 4.78 is 5.82. The average molecular weight is 251 g/mol. The van der Waals surface area contributed by atoms with Crippen molar-refractivity contribution in [1.29, 1.82) is 0 Å². The van der Waals surface area contributed by atoms with Crippen LogP contribution in [0.5, 0.6) is 0 Å². The van der Waals surface area contributed by atoms with Crippen molar-refractivity contribution in [2.75, 3.05) is 0 Å². The molecule has 19 heavy (non-hydrogen) atoms. The Labute approximate surface area is 113 Å². The zero-order valence-corrected chi connectivity index (χ0v) is 11.5. The minimum Gasteiger partial charge on any atom is -0.436 e. The summed E-state index contributed by atoms with van der Waals surface area (Å²) in [5, 5.41) is 0. The summed E-state index contributed by atoms with van der Waals surface area (Å²) in [5.41, 5.74) is 5.33. The molecule has 0 saturated carbocycles. The van der Waals surface area contributed by atoms with Crippen molar-refractivity contribution < 1.29 is 4.42 Å². The van der Waals surface area contributed by atoms with E-state index in [-0.39, 0.29) is 0 Å². The van der Waals surface area contributed by atoms with Gasteiger partial charge in [0.05, 0.1) is 0 Å². The largest absolute Gasteiger partial charge is 0.436 e. The number of fused-ring (bicyclic) bond motifs is 1. The van der Waals surface area contributed by atoms with Crippen LogP contribution in [0.2, 0.25) is 0 Å². The van der Waals surface area contributed by atoms with Crippen LogP contribution < -0.4 is 0 Å². The normalized spacial score (nSPS) is 11.4. The lowest BCUT2D eigenvalue weighted by Gasteiger charge is -2.02. The number of hydrogen-bond donors (Lipinski definition) is 0. The third-order valence-corrected chi connectivity index (χ3v) is 3.38. The number of aromatic nitrogens is 1. The molecule has 3 aromatic rings. The molecule has 0 spiro atoms. The van der Waals surface area contributed by atoms with Gasteiger partial charge >= 0.3 is 0 Å². The van der Waals surface area contributed by atoms with Crippen LogP contribution in [0.15, 0.2) is 46.9 Å². The standard InChI is InChI=1S/C17H17NO/c1-11(2)14-8-9-16-15(10-14)18-17(19-16)13-6-4-12(3)5-7-13/h4-11H,1-3H3. The second-order valence-electron chi connectivity index (χ2n) is 5.27. The zero-order valence-electron chi connectivity index (χ0n) is 11.5. The number of nitrogens with zero attached hydrogens (tertiary/aromatic N) is 1. The molecule has 0 aliphatic heterocycles. The smallest absolute Gasteiger partial charge is 0.227 e. The van der Waals surface area contributed by atoms with Crippen LogP contribution in [-0.2, 0) is 0 Å². The predicted molar refractivity (Wildman–Crippen MR) is 78.3 cm³/mol. The number of rotatable bonds is 2. The summed E-state index contributed by atoms with van der Waals surface area (Å²) in [5.74, 6) is 1.19. The second kappa shape index (κ2) is 4.54. The maximum absolute atomic E-state index is 5.82. The molecular formula is C17H17NO. The van der Waals surface area contributed by atoms with Crippen molar-refractivity contribution in [1.82, 2.24) is 4.98 Å². The second-order valence-corrected chi connectivity index (χ2v) is 5.27. The van der Waals surface area contributed by atoms with Gasteiger partial charge < -0.3 is 4.42 Å². The Morgan fingerprint density at radius 2 is 1.74 bits per heavy atom. The number of benzene rings is 2. The van der Waals surface area contributed by atoms with Gasteiger partial charge in [-0.2, -0.15) is 0 Å². The number of oxazole rings is 1. The van der Waals surface area contributed by atoms with Gasteiger partial charge in [0, 0.05) is 5.56 Å². The molecule has 0 N–H and O–H groups in total. The van der Waals surface area contributed by atoms with Crippen LogP contribution in [0.25, 0.3) is 22.6 Å². The maximum atomic E-state index is 5.82. The molecule has 3 rings (SSSR count). The van der Waals surface area contributed by atoms with Crippen molar-refractivity contribution in [2.24, 2.45) is 0 Å². The molecule has 0 radical (unpaired) electrons. The molecule has 0 saturated heterocycles. The monoisotopic (exact) mass is 251 g/mol.